The molecule has 144 valence electrons. The molecule has 1 aliphatic carbocycles. The SMILES string of the molecule is O=C(NC1CCN(c2ccccc2Cl)C1=O)N1C[C@@H]2CCC[C@@]2(C(=O)O)C1. The van der Waals surface area contributed by atoms with Crippen LogP contribution >= 0.6 is 11.6 Å². The van der Waals surface area contributed by atoms with Gasteiger partial charge >= 0.3 is 12.0 Å². The molecule has 2 heterocycles. The fourth-order valence-corrected chi connectivity index (χ4v) is 5.00. The van der Waals surface area contributed by atoms with Crippen molar-refractivity contribution in [3.63, 3.8) is 0 Å². The number of hydrogen-bond donors (Lipinski definition) is 2. The van der Waals surface area contributed by atoms with Crippen LogP contribution in [-0.2, 0) is 9.59 Å². The predicted octanol–water partition coefficient (Wildman–Crippen LogP) is 2.34. The number of carbonyl (C=O) groups is 3. The summed E-state index contributed by atoms with van der Waals surface area (Å²) in [6.45, 7) is 1.14. The second kappa shape index (κ2) is 6.71. The summed E-state index contributed by atoms with van der Waals surface area (Å²) >= 11 is 6.18. The van der Waals surface area contributed by atoms with Gasteiger partial charge in [-0.2, -0.15) is 0 Å². The number of rotatable bonds is 3. The van der Waals surface area contributed by atoms with Gasteiger partial charge in [0, 0.05) is 19.6 Å². The van der Waals surface area contributed by atoms with E-state index < -0.39 is 17.4 Å². The number of para-hydroxylation sites is 1. The number of hydrogen-bond acceptors (Lipinski definition) is 3. The van der Waals surface area contributed by atoms with E-state index in [1.165, 1.54) is 0 Å². The van der Waals surface area contributed by atoms with Crippen LogP contribution in [-0.4, -0.2) is 53.6 Å². The first-order valence-electron chi connectivity index (χ1n) is 9.27. The summed E-state index contributed by atoms with van der Waals surface area (Å²) in [5.74, 6) is -1.01. The topological polar surface area (TPSA) is 90.0 Å². The highest BCUT2D eigenvalue weighted by atomic mass is 35.5. The molecule has 1 aromatic rings. The van der Waals surface area contributed by atoms with Crippen LogP contribution in [0.3, 0.4) is 0 Å². The van der Waals surface area contributed by atoms with Gasteiger partial charge in [-0.1, -0.05) is 30.2 Å². The Morgan fingerprint density at radius 3 is 2.74 bits per heavy atom. The molecule has 3 fully saturated rings. The number of halogens is 1. The summed E-state index contributed by atoms with van der Waals surface area (Å²) in [4.78, 5) is 40.3. The first kappa shape index (κ1) is 18.1. The largest absolute Gasteiger partial charge is 0.481 e. The van der Waals surface area contributed by atoms with Gasteiger partial charge in [0.05, 0.1) is 16.1 Å². The molecule has 0 bridgehead atoms. The van der Waals surface area contributed by atoms with Crippen LogP contribution < -0.4 is 10.2 Å². The lowest BCUT2D eigenvalue weighted by Gasteiger charge is -2.24. The molecule has 4 rings (SSSR count). The third-order valence-electron chi connectivity index (χ3n) is 6.23. The normalized spacial score (nSPS) is 29.9. The number of fused-ring (bicyclic) bond motifs is 1. The van der Waals surface area contributed by atoms with Crippen molar-refractivity contribution in [3.05, 3.63) is 29.3 Å². The molecular weight excluding hydrogens is 370 g/mol. The number of carboxylic acids is 1. The quantitative estimate of drug-likeness (QED) is 0.827. The van der Waals surface area contributed by atoms with E-state index in [1.807, 2.05) is 6.07 Å². The van der Waals surface area contributed by atoms with Crippen LogP contribution in [0.15, 0.2) is 24.3 Å². The summed E-state index contributed by atoms with van der Waals surface area (Å²) in [5.41, 5.74) is -0.179. The Balaban J connectivity index is 1.42. The van der Waals surface area contributed by atoms with Crippen LogP contribution in [0.5, 0.6) is 0 Å². The molecule has 8 heteroatoms. The predicted molar refractivity (Wildman–Crippen MR) is 99.7 cm³/mol. The maximum absolute atomic E-state index is 12.7. The average molecular weight is 392 g/mol. The smallest absolute Gasteiger partial charge is 0.318 e. The average Bonchev–Trinajstić information content (AvgIpc) is 3.29. The van der Waals surface area contributed by atoms with Crippen molar-refractivity contribution in [3.8, 4) is 0 Å². The van der Waals surface area contributed by atoms with E-state index in [4.69, 9.17) is 11.6 Å². The number of carbonyl (C=O) groups excluding carboxylic acids is 2. The number of amides is 3. The van der Waals surface area contributed by atoms with E-state index in [0.29, 0.717) is 36.6 Å². The molecule has 0 spiro atoms. The van der Waals surface area contributed by atoms with Crippen molar-refractivity contribution < 1.29 is 19.5 Å². The van der Waals surface area contributed by atoms with E-state index in [9.17, 15) is 19.5 Å². The van der Waals surface area contributed by atoms with Gasteiger partial charge in [-0.25, -0.2) is 4.79 Å². The van der Waals surface area contributed by atoms with Crippen molar-refractivity contribution >= 4 is 35.2 Å². The lowest BCUT2D eigenvalue weighted by molar-refractivity contribution is -0.149. The van der Waals surface area contributed by atoms with Crippen LogP contribution in [0.1, 0.15) is 25.7 Å². The van der Waals surface area contributed by atoms with E-state index in [1.54, 1.807) is 28.0 Å². The number of urea groups is 1. The van der Waals surface area contributed by atoms with Crippen molar-refractivity contribution in [1.29, 1.82) is 0 Å². The summed E-state index contributed by atoms with van der Waals surface area (Å²) in [6.07, 6.45) is 2.83. The van der Waals surface area contributed by atoms with Gasteiger partial charge in [0.25, 0.3) is 0 Å². The molecular formula is C19H22ClN3O4. The Morgan fingerprint density at radius 1 is 1.26 bits per heavy atom. The number of anilines is 1. The molecule has 3 aliphatic rings. The summed E-state index contributed by atoms with van der Waals surface area (Å²) in [7, 11) is 0. The lowest BCUT2D eigenvalue weighted by atomic mass is 9.81. The minimum absolute atomic E-state index is 0.000321. The van der Waals surface area contributed by atoms with Gasteiger partial charge in [0.1, 0.15) is 6.04 Å². The highest BCUT2D eigenvalue weighted by Crippen LogP contribution is 2.48. The summed E-state index contributed by atoms with van der Waals surface area (Å²) in [6, 6.07) is 6.15. The number of likely N-dealkylation sites (tertiary alicyclic amines) is 1. The highest BCUT2D eigenvalue weighted by Gasteiger charge is 2.56. The minimum atomic E-state index is -0.819. The molecule has 7 nitrogen and oxygen atoms in total. The Bertz CT molecular complexity index is 801. The number of benzene rings is 1. The Morgan fingerprint density at radius 2 is 2.04 bits per heavy atom. The van der Waals surface area contributed by atoms with Crippen LogP contribution in [0, 0.1) is 11.3 Å². The summed E-state index contributed by atoms with van der Waals surface area (Å²) in [5, 5.41) is 12.9. The molecule has 0 aromatic heterocycles. The van der Waals surface area contributed by atoms with Gasteiger partial charge in [-0.15, -0.1) is 0 Å². The van der Waals surface area contributed by atoms with Gasteiger partial charge in [0.2, 0.25) is 5.91 Å². The van der Waals surface area contributed by atoms with E-state index in [-0.39, 0.29) is 24.4 Å². The molecule has 0 radical (unpaired) electrons. The zero-order valence-electron chi connectivity index (χ0n) is 14.9. The zero-order chi connectivity index (χ0) is 19.2. The maximum Gasteiger partial charge on any atom is 0.318 e. The van der Waals surface area contributed by atoms with Crippen molar-refractivity contribution in [1.82, 2.24) is 10.2 Å². The minimum Gasteiger partial charge on any atom is -0.481 e. The molecule has 3 atom stereocenters. The van der Waals surface area contributed by atoms with Crippen molar-refractivity contribution in [2.45, 2.75) is 31.7 Å². The van der Waals surface area contributed by atoms with Crippen LogP contribution in [0.25, 0.3) is 0 Å². The van der Waals surface area contributed by atoms with Crippen molar-refractivity contribution in [2.24, 2.45) is 11.3 Å². The molecule has 1 aromatic carbocycles. The molecule has 3 amide bonds. The number of carboxylic acid groups (broad SMARTS) is 1. The first-order valence-corrected chi connectivity index (χ1v) is 9.65. The van der Waals surface area contributed by atoms with Crippen molar-refractivity contribution in [2.75, 3.05) is 24.5 Å². The Kier molecular flexibility index (Phi) is 4.50. The zero-order valence-corrected chi connectivity index (χ0v) is 15.6. The fourth-order valence-electron chi connectivity index (χ4n) is 4.76. The second-order valence-electron chi connectivity index (χ2n) is 7.66. The van der Waals surface area contributed by atoms with E-state index >= 15 is 0 Å². The Labute approximate surface area is 162 Å². The molecule has 1 saturated carbocycles. The molecule has 27 heavy (non-hydrogen) atoms. The van der Waals surface area contributed by atoms with Gasteiger partial charge in [0.15, 0.2) is 0 Å². The van der Waals surface area contributed by atoms with Crippen LogP contribution in [0.4, 0.5) is 10.5 Å². The third-order valence-corrected chi connectivity index (χ3v) is 6.55. The van der Waals surface area contributed by atoms with Crippen LogP contribution in [0.2, 0.25) is 5.02 Å². The molecule has 1 unspecified atom stereocenters. The number of aliphatic carboxylic acids is 1. The van der Waals surface area contributed by atoms with Gasteiger partial charge < -0.3 is 20.2 Å². The molecule has 2 aliphatic heterocycles. The van der Waals surface area contributed by atoms with Gasteiger partial charge in [-0.3, -0.25) is 9.59 Å². The second-order valence-corrected chi connectivity index (χ2v) is 8.07. The van der Waals surface area contributed by atoms with Gasteiger partial charge in [-0.05, 0) is 37.3 Å². The Hall–Kier alpha value is -2.28. The number of nitrogens with one attached hydrogen (secondary N) is 1. The lowest BCUT2D eigenvalue weighted by Crippen LogP contribution is -2.48. The molecule has 2 saturated heterocycles. The highest BCUT2D eigenvalue weighted by molar-refractivity contribution is 6.34. The third kappa shape index (κ3) is 2.94. The fraction of sp³-hybridized carbons (Fsp3) is 0.526. The summed E-state index contributed by atoms with van der Waals surface area (Å²) < 4.78 is 0. The van der Waals surface area contributed by atoms with E-state index in [2.05, 4.69) is 5.32 Å². The molecule has 2 N–H and O–H groups in total. The maximum atomic E-state index is 12.7. The van der Waals surface area contributed by atoms with E-state index in [0.717, 1.165) is 12.8 Å². The standard InChI is InChI=1S/C19H22ClN3O4/c20-13-5-1-2-6-15(13)23-9-7-14(16(23)24)21-18(27)22-10-12-4-3-8-19(12,11-22)17(25)26/h1-2,5-6,12,14H,3-4,7-11H2,(H,21,27)(H,25,26)/t12-,14?,19+/m0/s1. The first-order chi connectivity index (χ1) is 12.9. The monoisotopic (exact) mass is 391 g/mol. The number of nitrogens with zero attached hydrogens (tertiary/aromatic N) is 2.